The summed E-state index contributed by atoms with van der Waals surface area (Å²) in [5.41, 5.74) is 1.43. The van der Waals surface area contributed by atoms with Gasteiger partial charge >= 0.3 is 0 Å². The summed E-state index contributed by atoms with van der Waals surface area (Å²) < 4.78 is 0. The first-order valence-corrected chi connectivity index (χ1v) is 5.41. The van der Waals surface area contributed by atoms with E-state index in [1.807, 2.05) is 0 Å². The molecule has 0 nitrogen and oxygen atoms in total. The summed E-state index contributed by atoms with van der Waals surface area (Å²) in [6, 6.07) is 0. The third-order valence-electron chi connectivity index (χ3n) is 2.62. The van der Waals surface area contributed by atoms with Crippen LogP contribution in [0.15, 0.2) is 12.2 Å². The standard InChI is InChI=1S/C12H24.3CH4/c1-5-8-9-12(7-3)10-11(4)6-2;;;/h12H,4-10H2,1-3H3;3*1H4. The Morgan fingerprint density at radius 3 is 1.93 bits per heavy atom. The van der Waals surface area contributed by atoms with Gasteiger partial charge in [-0.2, -0.15) is 0 Å². The van der Waals surface area contributed by atoms with Crippen LogP contribution in [0.2, 0.25) is 0 Å². The van der Waals surface area contributed by atoms with E-state index in [1.54, 1.807) is 0 Å². The number of unbranched alkanes of at least 4 members (excludes halogenated alkanes) is 1. The lowest BCUT2D eigenvalue weighted by molar-refractivity contribution is 0.445. The van der Waals surface area contributed by atoms with Gasteiger partial charge in [0.1, 0.15) is 0 Å². The Kier molecular flexibility index (Phi) is 26.0. The summed E-state index contributed by atoms with van der Waals surface area (Å²) in [6.45, 7) is 10.8. The normalized spacial score (nSPS) is 10.3. The van der Waals surface area contributed by atoms with Crippen LogP contribution in [0.4, 0.5) is 0 Å². The average Bonchev–Trinajstić information content (AvgIpc) is 2.11. The van der Waals surface area contributed by atoms with Crippen molar-refractivity contribution in [3.8, 4) is 0 Å². The van der Waals surface area contributed by atoms with E-state index in [1.165, 1.54) is 37.7 Å². The van der Waals surface area contributed by atoms with Crippen molar-refractivity contribution in [3.63, 3.8) is 0 Å². The second-order valence-electron chi connectivity index (χ2n) is 3.72. The minimum absolute atomic E-state index is 0. The van der Waals surface area contributed by atoms with Crippen LogP contribution in [0.1, 0.15) is 81.6 Å². The van der Waals surface area contributed by atoms with E-state index in [-0.39, 0.29) is 22.3 Å². The third kappa shape index (κ3) is 13.7. The summed E-state index contributed by atoms with van der Waals surface area (Å²) >= 11 is 0. The van der Waals surface area contributed by atoms with Crippen molar-refractivity contribution in [3.05, 3.63) is 12.2 Å². The predicted octanol–water partition coefficient (Wildman–Crippen LogP) is 6.47. The van der Waals surface area contributed by atoms with Gasteiger partial charge < -0.3 is 0 Å². The molecule has 0 aliphatic heterocycles. The van der Waals surface area contributed by atoms with Gasteiger partial charge in [0.25, 0.3) is 0 Å². The van der Waals surface area contributed by atoms with Crippen LogP contribution < -0.4 is 0 Å². The Morgan fingerprint density at radius 1 is 1.07 bits per heavy atom. The molecule has 0 spiro atoms. The van der Waals surface area contributed by atoms with E-state index in [2.05, 4.69) is 27.4 Å². The molecule has 0 rings (SSSR count). The van der Waals surface area contributed by atoms with Crippen LogP contribution in [0.5, 0.6) is 0 Å². The van der Waals surface area contributed by atoms with Crippen LogP contribution in [0.3, 0.4) is 0 Å². The highest BCUT2D eigenvalue weighted by molar-refractivity contribution is 4.94. The third-order valence-corrected chi connectivity index (χ3v) is 2.62. The van der Waals surface area contributed by atoms with Gasteiger partial charge in [-0.25, -0.2) is 0 Å². The number of hydrogen-bond donors (Lipinski definition) is 0. The lowest BCUT2D eigenvalue weighted by atomic mass is 9.92. The molecular weight excluding hydrogens is 180 g/mol. The van der Waals surface area contributed by atoms with Crippen molar-refractivity contribution < 1.29 is 0 Å². The van der Waals surface area contributed by atoms with Crippen molar-refractivity contribution >= 4 is 0 Å². The SMILES string of the molecule is C.C.C.C=C(CC)CC(CC)CCCC. The van der Waals surface area contributed by atoms with Crippen LogP contribution in [0, 0.1) is 5.92 Å². The molecule has 0 aromatic rings. The van der Waals surface area contributed by atoms with E-state index in [0.717, 1.165) is 12.3 Å². The number of rotatable bonds is 7. The van der Waals surface area contributed by atoms with Gasteiger partial charge in [-0.1, -0.05) is 80.9 Å². The lowest BCUT2D eigenvalue weighted by Crippen LogP contribution is -1.99. The van der Waals surface area contributed by atoms with Crippen LogP contribution in [-0.2, 0) is 0 Å². The minimum Gasteiger partial charge on any atom is -0.0999 e. The van der Waals surface area contributed by atoms with Gasteiger partial charge in [-0.15, -0.1) is 0 Å². The summed E-state index contributed by atoms with van der Waals surface area (Å²) in [7, 11) is 0. The highest BCUT2D eigenvalue weighted by Gasteiger charge is 2.06. The maximum absolute atomic E-state index is 4.07. The van der Waals surface area contributed by atoms with E-state index in [4.69, 9.17) is 0 Å². The molecule has 0 N–H and O–H groups in total. The molecule has 0 saturated heterocycles. The topological polar surface area (TPSA) is 0 Å². The van der Waals surface area contributed by atoms with Crippen molar-refractivity contribution in [2.75, 3.05) is 0 Å². The Labute approximate surface area is 100 Å². The summed E-state index contributed by atoms with van der Waals surface area (Å²) in [5.74, 6) is 0.900. The Balaban J connectivity index is -0.000000202. The molecule has 1 unspecified atom stereocenters. The quantitative estimate of drug-likeness (QED) is 0.428. The summed E-state index contributed by atoms with van der Waals surface area (Å²) in [6.07, 6.45) is 7.84. The van der Waals surface area contributed by atoms with Crippen molar-refractivity contribution in [1.29, 1.82) is 0 Å². The van der Waals surface area contributed by atoms with Crippen LogP contribution >= 0.6 is 0 Å². The Morgan fingerprint density at radius 2 is 1.60 bits per heavy atom. The predicted molar refractivity (Wildman–Crippen MR) is 77.5 cm³/mol. The lowest BCUT2D eigenvalue weighted by Gasteiger charge is -2.14. The number of hydrogen-bond acceptors (Lipinski definition) is 0. The molecular formula is C15H36. The molecule has 0 fully saturated rings. The van der Waals surface area contributed by atoms with Gasteiger partial charge in [0, 0.05) is 0 Å². The molecule has 0 saturated carbocycles. The first-order valence-electron chi connectivity index (χ1n) is 5.41. The second kappa shape index (κ2) is 16.2. The fourth-order valence-corrected chi connectivity index (χ4v) is 1.50. The molecule has 0 heteroatoms. The Bertz CT molecular complexity index is 113. The fourth-order valence-electron chi connectivity index (χ4n) is 1.50. The van der Waals surface area contributed by atoms with Crippen molar-refractivity contribution in [2.45, 2.75) is 81.6 Å². The van der Waals surface area contributed by atoms with Crippen molar-refractivity contribution in [1.82, 2.24) is 0 Å². The zero-order chi connectivity index (χ0) is 9.40. The zero-order valence-corrected chi connectivity index (χ0v) is 9.03. The molecule has 96 valence electrons. The highest BCUT2D eigenvalue weighted by Crippen LogP contribution is 2.21. The van der Waals surface area contributed by atoms with Crippen molar-refractivity contribution in [2.24, 2.45) is 5.92 Å². The molecule has 0 radical (unpaired) electrons. The molecule has 0 heterocycles. The zero-order valence-electron chi connectivity index (χ0n) is 9.03. The van der Waals surface area contributed by atoms with Gasteiger partial charge in [0.05, 0.1) is 0 Å². The van der Waals surface area contributed by atoms with E-state index < -0.39 is 0 Å². The molecule has 1 atom stereocenters. The Hall–Kier alpha value is -0.260. The van der Waals surface area contributed by atoms with E-state index in [0.29, 0.717) is 0 Å². The smallest absolute Gasteiger partial charge is 0.0295 e. The second-order valence-corrected chi connectivity index (χ2v) is 3.72. The number of allylic oxidation sites excluding steroid dienone is 1. The molecule has 0 aliphatic rings. The molecule has 0 aliphatic carbocycles. The van der Waals surface area contributed by atoms with Gasteiger partial charge in [0.15, 0.2) is 0 Å². The first-order chi connectivity index (χ1) is 5.74. The first kappa shape index (κ1) is 24.1. The van der Waals surface area contributed by atoms with Crippen LogP contribution in [0.25, 0.3) is 0 Å². The average molecular weight is 216 g/mol. The molecule has 0 aromatic carbocycles. The van der Waals surface area contributed by atoms with E-state index in [9.17, 15) is 0 Å². The maximum atomic E-state index is 4.07. The molecule has 0 aromatic heterocycles. The van der Waals surface area contributed by atoms with Gasteiger partial charge in [-0.05, 0) is 18.8 Å². The molecule has 15 heavy (non-hydrogen) atoms. The fraction of sp³-hybridized carbons (Fsp3) is 0.867. The van der Waals surface area contributed by atoms with Gasteiger partial charge in [0.2, 0.25) is 0 Å². The summed E-state index contributed by atoms with van der Waals surface area (Å²) in [4.78, 5) is 0. The van der Waals surface area contributed by atoms with Gasteiger partial charge in [-0.3, -0.25) is 0 Å². The highest BCUT2D eigenvalue weighted by atomic mass is 14.1. The van der Waals surface area contributed by atoms with Crippen LogP contribution in [-0.4, -0.2) is 0 Å². The van der Waals surface area contributed by atoms with E-state index >= 15 is 0 Å². The molecule has 0 amide bonds. The minimum atomic E-state index is 0. The monoisotopic (exact) mass is 216 g/mol. The maximum Gasteiger partial charge on any atom is -0.0295 e. The summed E-state index contributed by atoms with van der Waals surface area (Å²) in [5, 5.41) is 0. The largest absolute Gasteiger partial charge is 0.0999 e. The molecule has 0 bridgehead atoms.